The Morgan fingerprint density at radius 3 is 2.04 bits per heavy atom. The quantitative estimate of drug-likeness (QED) is 0.731. The van der Waals surface area contributed by atoms with Gasteiger partial charge in [0.05, 0.1) is 6.10 Å². The Balaban J connectivity index is 1.58. The summed E-state index contributed by atoms with van der Waals surface area (Å²) in [5, 5.41) is 9.36. The third-order valence-electron chi connectivity index (χ3n) is 4.65. The maximum atomic E-state index is 9.36. The number of ether oxygens (including phenoxy) is 1. The lowest BCUT2D eigenvalue weighted by Crippen LogP contribution is -2.23. The summed E-state index contributed by atoms with van der Waals surface area (Å²) in [5.41, 5.74) is 2.23. The van der Waals surface area contributed by atoms with Crippen LogP contribution in [0, 0.1) is 5.92 Å². The zero-order chi connectivity index (χ0) is 16.1. The van der Waals surface area contributed by atoms with Crippen molar-refractivity contribution < 1.29 is 9.84 Å². The monoisotopic (exact) mass is 308 g/mol. The van der Waals surface area contributed by atoms with Crippen LogP contribution in [0.4, 0.5) is 0 Å². The molecule has 0 atom stereocenters. The van der Waals surface area contributed by atoms with E-state index < -0.39 is 0 Å². The summed E-state index contributed by atoms with van der Waals surface area (Å²) in [6.07, 6.45) is 8.26. The van der Waals surface area contributed by atoms with Crippen LogP contribution < -0.4 is 4.74 Å². The van der Waals surface area contributed by atoms with Crippen molar-refractivity contribution >= 4 is 0 Å². The largest absolute Gasteiger partial charge is 0.508 e. The molecule has 3 rings (SSSR count). The molecule has 2 aromatic carbocycles. The first-order chi connectivity index (χ1) is 11.2. The first kappa shape index (κ1) is 15.7. The van der Waals surface area contributed by atoms with Crippen molar-refractivity contribution in [2.75, 3.05) is 0 Å². The molecule has 0 unspecified atom stereocenters. The first-order valence-electron chi connectivity index (χ1n) is 8.41. The van der Waals surface area contributed by atoms with Crippen molar-refractivity contribution in [2.24, 2.45) is 5.92 Å². The van der Waals surface area contributed by atoms with E-state index in [4.69, 9.17) is 4.74 Å². The van der Waals surface area contributed by atoms with Gasteiger partial charge in [-0.2, -0.15) is 0 Å². The maximum absolute atomic E-state index is 9.36. The number of aromatic hydroxyl groups is 1. The fourth-order valence-electron chi connectivity index (χ4n) is 3.29. The van der Waals surface area contributed by atoms with Crippen molar-refractivity contribution in [3.63, 3.8) is 0 Å². The van der Waals surface area contributed by atoms with Crippen LogP contribution in [0.15, 0.2) is 61.2 Å². The fourth-order valence-corrected chi connectivity index (χ4v) is 3.29. The molecule has 1 aliphatic rings. The Hall–Kier alpha value is -2.22. The molecule has 2 aromatic rings. The summed E-state index contributed by atoms with van der Waals surface area (Å²) in [4.78, 5) is 0. The van der Waals surface area contributed by atoms with Gasteiger partial charge in [0.2, 0.25) is 0 Å². The standard InChI is InChI=1S/C21H24O2/c1-2-3-16-4-12-20(13-5-16)23-21-14-8-18(9-15-21)17-6-10-19(22)11-7-17/h2,6-11,14-16,20,22H,1,3-5,12-13H2. The Morgan fingerprint density at radius 1 is 0.913 bits per heavy atom. The van der Waals surface area contributed by atoms with Gasteiger partial charge in [0, 0.05) is 0 Å². The minimum absolute atomic E-state index is 0.292. The molecule has 0 bridgehead atoms. The van der Waals surface area contributed by atoms with Crippen molar-refractivity contribution in [1.82, 2.24) is 0 Å². The summed E-state index contributed by atoms with van der Waals surface area (Å²) in [7, 11) is 0. The molecule has 1 N–H and O–H groups in total. The average Bonchev–Trinajstić information content (AvgIpc) is 2.58. The van der Waals surface area contributed by atoms with Gasteiger partial charge in [-0.15, -0.1) is 6.58 Å². The second-order valence-corrected chi connectivity index (χ2v) is 6.36. The number of phenolic OH excluding ortho intramolecular Hbond substituents is 1. The van der Waals surface area contributed by atoms with Gasteiger partial charge in [0.1, 0.15) is 11.5 Å². The number of rotatable bonds is 5. The van der Waals surface area contributed by atoms with E-state index in [-0.39, 0.29) is 0 Å². The molecular weight excluding hydrogens is 284 g/mol. The van der Waals surface area contributed by atoms with Crippen LogP contribution in [0.5, 0.6) is 11.5 Å². The van der Waals surface area contributed by atoms with E-state index in [2.05, 4.69) is 18.7 Å². The van der Waals surface area contributed by atoms with Crippen LogP contribution in [-0.4, -0.2) is 11.2 Å². The topological polar surface area (TPSA) is 29.5 Å². The Morgan fingerprint density at radius 2 is 1.48 bits per heavy atom. The summed E-state index contributed by atoms with van der Waals surface area (Å²) in [6.45, 7) is 3.83. The van der Waals surface area contributed by atoms with Gasteiger partial charge in [0.15, 0.2) is 0 Å². The number of allylic oxidation sites excluding steroid dienone is 1. The lowest BCUT2D eigenvalue weighted by Gasteiger charge is -2.28. The Kier molecular flexibility index (Phi) is 5.02. The van der Waals surface area contributed by atoms with Gasteiger partial charge < -0.3 is 9.84 Å². The molecule has 120 valence electrons. The smallest absolute Gasteiger partial charge is 0.119 e. The number of hydrogen-bond acceptors (Lipinski definition) is 2. The predicted molar refractivity (Wildman–Crippen MR) is 94.7 cm³/mol. The van der Waals surface area contributed by atoms with E-state index in [1.807, 2.05) is 30.3 Å². The minimum Gasteiger partial charge on any atom is -0.508 e. The SMILES string of the molecule is C=CCC1CCC(Oc2ccc(-c3ccc(O)cc3)cc2)CC1. The van der Waals surface area contributed by atoms with Crippen LogP contribution in [-0.2, 0) is 0 Å². The lowest BCUT2D eigenvalue weighted by atomic mass is 9.85. The molecule has 0 heterocycles. The zero-order valence-corrected chi connectivity index (χ0v) is 13.4. The van der Waals surface area contributed by atoms with E-state index in [1.54, 1.807) is 12.1 Å². The van der Waals surface area contributed by atoms with E-state index in [0.717, 1.165) is 42.1 Å². The maximum Gasteiger partial charge on any atom is 0.119 e. The molecule has 2 heteroatoms. The summed E-state index contributed by atoms with van der Waals surface area (Å²) in [6, 6.07) is 15.5. The van der Waals surface area contributed by atoms with E-state index in [0.29, 0.717) is 11.9 Å². The molecule has 1 saturated carbocycles. The summed E-state index contributed by atoms with van der Waals surface area (Å²) < 4.78 is 6.13. The van der Waals surface area contributed by atoms with Crippen molar-refractivity contribution in [3.8, 4) is 22.6 Å². The predicted octanol–water partition coefficient (Wildman–Crippen LogP) is 5.57. The van der Waals surface area contributed by atoms with Crippen molar-refractivity contribution in [1.29, 1.82) is 0 Å². The van der Waals surface area contributed by atoms with E-state index in [1.165, 1.54) is 12.8 Å². The van der Waals surface area contributed by atoms with Crippen LogP contribution in [0.25, 0.3) is 11.1 Å². The molecule has 1 aliphatic carbocycles. The van der Waals surface area contributed by atoms with Crippen LogP contribution >= 0.6 is 0 Å². The second-order valence-electron chi connectivity index (χ2n) is 6.36. The van der Waals surface area contributed by atoms with Gasteiger partial charge >= 0.3 is 0 Å². The third-order valence-corrected chi connectivity index (χ3v) is 4.65. The third kappa shape index (κ3) is 4.16. The molecule has 0 aromatic heterocycles. The average molecular weight is 308 g/mol. The fraction of sp³-hybridized carbons (Fsp3) is 0.333. The van der Waals surface area contributed by atoms with Crippen LogP contribution in [0.2, 0.25) is 0 Å². The minimum atomic E-state index is 0.292. The highest BCUT2D eigenvalue weighted by molar-refractivity contribution is 5.64. The second kappa shape index (κ2) is 7.36. The molecule has 0 spiro atoms. The van der Waals surface area contributed by atoms with Gasteiger partial charge in [-0.1, -0.05) is 30.3 Å². The first-order valence-corrected chi connectivity index (χ1v) is 8.41. The van der Waals surface area contributed by atoms with Crippen molar-refractivity contribution in [3.05, 3.63) is 61.2 Å². The van der Waals surface area contributed by atoms with E-state index in [9.17, 15) is 5.11 Å². The van der Waals surface area contributed by atoms with Crippen molar-refractivity contribution in [2.45, 2.75) is 38.2 Å². The van der Waals surface area contributed by atoms with Crippen LogP contribution in [0.1, 0.15) is 32.1 Å². The zero-order valence-electron chi connectivity index (χ0n) is 13.4. The van der Waals surface area contributed by atoms with Gasteiger partial charge in [-0.25, -0.2) is 0 Å². The van der Waals surface area contributed by atoms with Gasteiger partial charge in [-0.3, -0.25) is 0 Å². The summed E-state index contributed by atoms with van der Waals surface area (Å²) >= 11 is 0. The normalized spacial score (nSPS) is 20.9. The highest BCUT2D eigenvalue weighted by atomic mass is 16.5. The molecule has 0 aliphatic heterocycles. The number of benzene rings is 2. The number of phenols is 1. The molecule has 0 saturated heterocycles. The molecule has 0 amide bonds. The Labute approximate surface area is 138 Å². The van der Waals surface area contributed by atoms with Gasteiger partial charge in [-0.05, 0) is 73.4 Å². The molecule has 23 heavy (non-hydrogen) atoms. The Bertz CT molecular complexity index is 620. The lowest BCUT2D eigenvalue weighted by molar-refractivity contribution is 0.132. The van der Waals surface area contributed by atoms with E-state index >= 15 is 0 Å². The highest BCUT2D eigenvalue weighted by Crippen LogP contribution is 2.30. The van der Waals surface area contributed by atoms with Crippen LogP contribution in [0.3, 0.4) is 0 Å². The molecule has 0 radical (unpaired) electrons. The highest BCUT2D eigenvalue weighted by Gasteiger charge is 2.21. The van der Waals surface area contributed by atoms with Gasteiger partial charge in [0.25, 0.3) is 0 Å². The molecule has 2 nitrogen and oxygen atoms in total. The molecule has 1 fully saturated rings. The molecular formula is C21H24O2. The summed E-state index contributed by atoms with van der Waals surface area (Å²) in [5.74, 6) is 2.03. The number of hydrogen-bond donors (Lipinski definition) is 1.